The smallest absolute Gasteiger partial charge is 0.120 e. The fraction of sp³-hybridized carbons (Fsp3) is 0.562. The van der Waals surface area contributed by atoms with Gasteiger partial charge in [0.05, 0.1) is 30.5 Å². The Morgan fingerprint density at radius 2 is 2.27 bits per heavy atom. The van der Waals surface area contributed by atoms with Gasteiger partial charge in [0.25, 0.3) is 0 Å². The summed E-state index contributed by atoms with van der Waals surface area (Å²) >= 11 is 6.38. The molecule has 0 bridgehead atoms. The second kappa shape index (κ2) is 5.18. The highest BCUT2D eigenvalue weighted by molar-refractivity contribution is 6.32. The number of hydrogen-bond donors (Lipinski definition) is 1. The van der Waals surface area contributed by atoms with Crippen molar-refractivity contribution >= 4 is 22.5 Å². The molecule has 118 valence electrons. The zero-order chi connectivity index (χ0) is 15.3. The summed E-state index contributed by atoms with van der Waals surface area (Å²) in [4.78, 5) is 2.22. The number of rotatable bonds is 2. The SMILES string of the molecule is CC1(N2CC[C@H](c3cc4[nH]ncc4cc3Cl)[C@@H](F)C2)COC1. The number of H-pyrrole nitrogens is 1. The third-order valence-electron chi connectivity index (χ3n) is 5.09. The van der Waals surface area contributed by atoms with E-state index in [4.69, 9.17) is 16.3 Å². The molecule has 22 heavy (non-hydrogen) atoms. The number of nitrogens with one attached hydrogen (secondary N) is 1. The molecule has 2 saturated heterocycles. The quantitative estimate of drug-likeness (QED) is 0.923. The van der Waals surface area contributed by atoms with Crippen molar-refractivity contribution in [3.8, 4) is 0 Å². The number of nitrogens with zero attached hydrogens (tertiary/aromatic N) is 2. The van der Waals surface area contributed by atoms with Gasteiger partial charge in [0.2, 0.25) is 0 Å². The van der Waals surface area contributed by atoms with Crippen molar-refractivity contribution in [3.63, 3.8) is 0 Å². The van der Waals surface area contributed by atoms with E-state index in [1.807, 2.05) is 12.1 Å². The van der Waals surface area contributed by atoms with Crippen LogP contribution in [-0.4, -0.2) is 53.1 Å². The molecule has 3 heterocycles. The molecule has 2 aromatic rings. The summed E-state index contributed by atoms with van der Waals surface area (Å²) in [6.45, 7) is 4.87. The summed E-state index contributed by atoms with van der Waals surface area (Å²) in [5.41, 5.74) is 1.81. The maximum absolute atomic E-state index is 14.8. The van der Waals surface area contributed by atoms with Crippen molar-refractivity contribution < 1.29 is 9.13 Å². The van der Waals surface area contributed by atoms with Gasteiger partial charge in [-0.3, -0.25) is 10.00 Å². The van der Waals surface area contributed by atoms with Gasteiger partial charge in [-0.1, -0.05) is 11.6 Å². The lowest BCUT2D eigenvalue weighted by Crippen LogP contribution is -2.63. The summed E-state index contributed by atoms with van der Waals surface area (Å²) in [6.07, 6.45) is 1.60. The van der Waals surface area contributed by atoms with E-state index < -0.39 is 6.17 Å². The number of aromatic amines is 1. The van der Waals surface area contributed by atoms with Crippen LogP contribution in [0, 0.1) is 0 Å². The standard InChI is InChI=1S/C16H19ClFN3O/c1-16(8-22-9-16)21-3-2-11(14(18)7-21)12-5-15-10(4-13(12)17)6-19-20-15/h4-6,11,14H,2-3,7-9H2,1H3,(H,19,20)/t11-,14+/m1/s1. The number of halogens is 2. The molecule has 0 spiro atoms. The molecule has 0 saturated carbocycles. The number of ether oxygens (including phenoxy) is 1. The van der Waals surface area contributed by atoms with Crippen LogP contribution >= 0.6 is 11.6 Å². The minimum Gasteiger partial charge on any atom is -0.377 e. The number of hydrogen-bond acceptors (Lipinski definition) is 3. The number of alkyl halides is 1. The monoisotopic (exact) mass is 323 g/mol. The van der Waals surface area contributed by atoms with Crippen molar-refractivity contribution in [2.45, 2.75) is 31.0 Å². The lowest BCUT2D eigenvalue weighted by Gasteiger charge is -2.50. The summed E-state index contributed by atoms with van der Waals surface area (Å²) < 4.78 is 20.1. The van der Waals surface area contributed by atoms with Gasteiger partial charge < -0.3 is 4.74 Å². The molecule has 1 N–H and O–H groups in total. The van der Waals surface area contributed by atoms with Crippen LogP contribution in [0.25, 0.3) is 10.9 Å². The van der Waals surface area contributed by atoms with Gasteiger partial charge in [0.1, 0.15) is 6.17 Å². The van der Waals surface area contributed by atoms with E-state index in [1.54, 1.807) is 6.20 Å². The lowest BCUT2D eigenvalue weighted by molar-refractivity contribution is -0.143. The third kappa shape index (κ3) is 2.23. The van der Waals surface area contributed by atoms with Crippen molar-refractivity contribution in [1.82, 2.24) is 15.1 Å². The summed E-state index contributed by atoms with van der Waals surface area (Å²) in [5.74, 6) is -0.152. The van der Waals surface area contributed by atoms with Gasteiger partial charge in [-0.05, 0) is 37.6 Å². The fourth-order valence-corrected chi connectivity index (χ4v) is 3.90. The number of likely N-dealkylation sites (tertiary alicyclic amines) is 1. The molecule has 6 heteroatoms. The van der Waals surface area contributed by atoms with Gasteiger partial charge in [-0.2, -0.15) is 5.10 Å². The van der Waals surface area contributed by atoms with Crippen LogP contribution in [0.1, 0.15) is 24.8 Å². The van der Waals surface area contributed by atoms with Crippen LogP contribution in [0.15, 0.2) is 18.3 Å². The summed E-state index contributed by atoms with van der Waals surface area (Å²) in [7, 11) is 0. The highest BCUT2D eigenvalue weighted by Gasteiger charge is 2.44. The first-order valence-electron chi connectivity index (χ1n) is 7.66. The molecule has 2 fully saturated rings. The number of benzene rings is 1. The average Bonchev–Trinajstić information content (AvgIpc) is 2.91. The Morgan fingerprint density at radius 1 is 1.45 bits per heavy atom. The molecule has 4 nitrogen and oxygen atoms in total. The van der Waals surface area contributed by atoms with E-state index in [-0.39, 0.29) is 11.5 Å². The maximum Gasteiger partial charge on any atom is 0.120 e. The Hall–Kier alpha value is -1.17. The van der Waals surface area contributed by atoms with Crippen LogP contribution in [0.3, 0.4) is 0 Å². The summed E-state index contributed by atoms with van der Waals surface area (Å²) in [5, 5.41) is 8.54. The van der Waals surface area contributed by atoms with Gasteiger partial charge in [-0.15, -0.1) is 0 Å². The van der Waals surface area contributed by atoms with Crippen LogP contribution < -0.4 is 0 Å². The Bertz CT molecular complexity index is 700. The summed E-state index contributed by atoms with van der Waals surface area (Å²) in [6, 6.07) is 3.82. The van der Waals surface area contributed by atoms with Crippen LogP contribution in [-0.2, 0) is 4.74 Å². The molecule has 0 unspecified atom stereocenters. The first-order chi connectivity index (χ1) is 10.6. The Morgan fingerprint density at radius 3 is 2.95 bits per heavy atom. The molecule has 0 amide bonds. The van der Waals surface area contributed by atoms with E-state index in [1.165, 1.54) is 0 Å². The van der Waals surface area contributed by atoms with Crippen molar-refractivity contribution in [2.24, 2.45) is 0 Å². The Kier molecular flexibility index (Phi) is 3.40. The van der Waals surface area contributed by atoms with Crippen LogP contribution in [0.4, 0.5) is 4.39 Å². The number of piperidine rings is 1. The number of aromatic nitrogens is 2. The molecule has 2 aliphatic heterocycles. The first-order valence-corrected chi connectivity index (χ1v) is 8.04. The van der Waals surface area contributed by atoms with Gasteiger partial charge in [0, 0.05) is 22.9 Å². The van der Waals surface area contributed by atoms with E-state index in [9.17, 15) is 4.39 Å². The van der Waals surface area contributed by atoms with E-state index >= 15 is 0 Å². The zero-order valence-corrected chi connectivity index (χ0v) is 13.2. The Balaban J connectivity index is 1.58. The minimum absolute atomic E-state index is 0.00638. The normalized spacial score (nSPS) is 28.7. The molecule has 1 aromatic heterocycles. The lowest BCUT2D eigenvalue weighted by atomic mass is 9.84. The zero-order valence-electron chi connectivity index (χ0n) is 12.5. The molecule has 4 rings (SSSR count). The highest BCUT2D eigenvalue weighted by atomic mass is 35.5. The molecule has 2 atom stereocenters. The second-order valence-electron chi connectivity index (χ2n) is 6.68. The molecule has 2 aliphatic rings. The predicted octanol–water partition coefficient (Wildman–Crippen LogP) is 3.13. The largest absolute Gasteiger partial charge is 0.377 e. The average molecular weight is 324 g/mol. The van der Waals surface area contributed by atoms with E-state index in [2.05, 4.69) is 22.0 Å². The maximum atomic E-state index is 14.8. The van der Waals surface area contributed by atoms with Crippen molar-refractivity contribution in [1.29, 1.82) is 0 Å². The van der Waals surface area contributed by atoms with Crippen molar-refractivity contribution in [2.75, 3.05) is 26.3 Å². The molecule has 0 radical (unpaired) electrons. The first kappa shape index (κ1) is 14.4. The fourth-order valence-electron chi connectivity index (χ4n) is 3.59. The second-order valence-corrected chi connectivity index (χ2v) is 7.09. The minimum atomic E-state index is -0.913. The van der Waals surface area contributed by atoms with Crippen molar-refractivity contribution in [3.05, 3.63) is 28.9 Å². The van der Waals surface area contributed by atoms with Gasteiger partial charge >= 0.3 is 0 Å². The third-order valence-corrected chi connectivity index (χ3v) is 5.42. The highest BCUT2D eigenvalue weighted by Crippen LogP contribution is 2.39. The van der Waals surface area contributed by atoms with Gasteiger partial charge in [0.15, 0.2) is 0 Å². The predicted molar refractivity (Wildman–Crippen MR) is 84.2 cm³/mol. The van der Waals surface area contributed by atoms with E-state index in [0.717, 1.165) is 29.4 Å². The topological polar surface area (TPSA) is 41.2 Å². The Labute approximate surface area is 133 Å². The van der Waals surface area contributed by atoms with E-state index in [0.29, 0.717) is 24.8 Å². The molecule has 0 aliphatic carbocycles. The number of fused-ring (bicyclic) bond motifs is 1. The molecular formula is C16H19ClFN3O. The van der Waals surface area contributed by atoms with Gasteiger partial charge in [-0.25, -0.2) is 4.39 Å². The van der Waals surface area contributed by atoms with Crippen LogP contribution in [0.5, 0.6) is 0 Å². The van der Waals surface area contributed by atoms with Crippen LogP contribution in [0.2, 0.25) is 5.02 Å². The molecular weight excluding hydrogens is 305 g/mol. The molecule has 1 aromatic carbocycles.